The minimum absolute atomic E-state index is 0.0435. The van der Waals surface area contributed by atoms with Crippen LogP contribution in [-0.4, -0.2) is 114 Å². The Morgan fingerprint density at radius 1 is 0.981 bits per heavy atom. The number of phenolic OH excluding ortho intramolecular Hbond substituents is 1. The predicted molar refractivity (Wildman–Crippen MR) is 188 cm³/mol. The number of amides is 5. The predicted octanol–water partition coefficient (Wildman–Crippen LogP) is 1.53. The number of benzene rings is 2. The van der Waals surface area contributed by atoms with Gasteiger partial charge >= 0.3 is 0 Å². The molecule has 1 saturated heterocycles. The van der Waals surface area contributed by atoms with Gasteiger partial charge in [-0.15, -0.1) is 10.2 Å². The zero-order valence-electron chi connectivity index (χ0n) is 29.3. The number of ether oxygens (including phenoxy) is 3. The van der Waals surface area contributed by atoms with Crippen LogP contribution in [0.15, 0.2) is 48.5 Å². The van der Waals surface area contributed by atoms with Crippen molar-refractivity contribution in [1.82, 2.24) is 30.6 Å². The van der Waals surface area contributed by atoms with Crippen LogP contribution < -0.4 is 25.8 Å². The first-order chi connectivity index (χ1) is 25.5. The second-order valence-corrected chi connectivity index (χ2v) is 14.2. The molecule has 16 nitrogen and oxygen atoms in total. The molecular weight excluding hydrogens is 686 g/mol. The molecular formula is C37H41N7O9. The summed E-state index contributed by atoms with van der Waals surface area (Å²) in [7, 11) is 1.94. The third-order valence-electron chi connectivity index (χ3n) is 10.4. The topological polar surface area (TPSA) is 216 Å². The number of phenols is 1. The number of rotatable bonds is 16. The summed E-state index contributed by atoms with van der Waals surface area (Å²) in [4.78, 5) is 66.1. The van der Waals surface area contributed by atoms with E-state index in [1.807, 2.05) is 11.9 Å². The van der Waals surface area contributed by atoms with Gasteiger partial charge in [0.15, 0.2) is 11.6 Å². The third-order valence-corrected chi connectivity index (χ3v) is 10.4. The number of hydrogen-bond donors (Lipinski definition) is 4. The number of aromatic nitrogens is 2. The molecule has 16 heteroatoms. The van der Waals surface area contributed by atoms with Crippen LogP contribution >= 0.6 is 0 Å². The number of para-hydroxylation sites is 1. The molecule has 2 aromatic carbocycles. The first kappa shape index (κ1) is 35.8. The lowest BCUT2D eigenvalue weighted by atomic mass is 9.35. The molecule has 5 amide bonds. The summed E-state index contributed by atoms with van der Waals surface area (Å²) in [6.07, 6.45) is 2.36. The quantitative estimate of drug-likeness (QED) is 0.122. The van der Waals surface area contributed by atoms with Gasteiger partial charge in [0.05, 0.1) is 36.4 Å². The van der Waals surface area contributed by atoms with Crippen LogP contribution in [0.2, 0.25) is 0 Å². The van der Waals surface area contributed by atoms with Crippen molar-refractivity contribution in [3.05, 3.63) is 59.7 Å². The Hall–Kier alpha value is -5.61. The van der Waals surface area contributed by atoms with Gasteiger partial charge in [-0.1, -0.05) is 18.2 Å². The number of carbonyl (C=O) groups is 5. The van der Waals surface area contributed by atoms with Crippen molar-refractivity contribution in [2.75, 3.05) is 58.8 Å². The molecule has 8 rings (SSSR count). The molecule has 3 heterocycles. The molecule has 278 valence electrons. The summed E-state index contributed by atoms with van der Waals surface area (Å²) in [6.45, 7) is 2.97. The molecule has 0 spiro atoms. The molecule has 0 radical (unpaired) electrons. The molecule has 1 unspecified atom stereocenters. The highest BCUT2D eigenvalue weighted by molar-refractivity contribution is 6.24. The summed E-state index contributed by atoms with van der Waals surface area (Å²) in [5, 5.41) is 23.5. The number of carbonyl (C=O) groups excluding carboxylic acids is 5. The monoisotopic (exact) mass is 727 g/mol. The molecule has 1 atom stereocenters. The maximum absolute atomic E-state index is 13.2. The summed E-state index contributed by atoms with van der Waals surface area (Å²) in [5.74, 6) is -1.39. The third kappa shape index (κ3) is 6.99. The highest BCUT2D eigenvalue weighted by Gasteiger charge is 2.71. The van der Waals surface area contributed by atoms with Crippen molar-refractivity contribution in [2.24, 2.45) is 10.8 Å². The van der Waals surface area contributed by atoms with E-state index in [1.54, 1.807) is 42.5 Å². The van der Waals surface area contributed by atoms with Crippen molar-refractivity contribution in [3.63, 3.8) is 0 Å². The molecule has 3 aliphatic carbocycles. The van der Waals surface area contributed by atoms with Crippen molar-refractivity contribution < 1.29 is 43.3 Å². The van der Waals surface area contributed by atoms with Gasteiger partial charge in [-0.25, -0.2) is 0 Å². The van der Waals surface area contributed by atoms with E-state index in [4.69, 9.17) is 19.9 Å². The molecule has 1 aromatic heterocycles. The number of nitrogen functional groups attached to an aromatic ring is 1. The van der Waals surface area contributed by atoms with Crippen molar-refractivity contribution in [3.8, 4) is 28.5 Å². The van der Waals surface area contributed by atoms with Gasteiger partial charge in [-0.05, 0) is 57.0 Å². The summed E-state index contributed by atoms with van der Waals surface area (Å²) in [5.41, 5.74) is 6.83. The Morgan fingerprint density at radius 2 is 1.75 bits per heavy atom. The fraction of sp³-hybridized carbons (Fsp3) is 0.432. The number of likely N-dealkylation sites (N-methyl/N-ethyl adjacent to an activating group) is 1. The van der Waals surface area contributed by atoms with Gasteiger partial charge in [0.25, 0.3) is 11.8 Å². The maximum Gasteiger partial charge on any atom is 0.266 e. The molecule has 53 heavy (non-hydrogen) atoms. The number of piperidine rings is 1. The Bertz CT molecular complexity index is 1950. The Kier molecular flexibility index (Phi) is 9.74. The molecule has 4 fully saturated rings. The van der Waals surface area contributed by atoms with Crippen LogP contribution in [0, 0.1) is 10.8 Å². The average molecular weight is 728 g/mol. The van der Waals surface area contributed by atoms with Crippen LogP contribution in [0.1, 0.15) is 52.8 Å². The molecule has 3 saturated carbocycles. The average Bonchev–Trinajstić information content (AvgIpc) is 3.35. The van der Waals surface area contributed by atoms with E-state index in [-0.39, 0.29) is 71.2 Å². The van der Waals surface area contributed by atoms with E-state index in [9.17, 15) is 29.1 Å². The van der Waals surface area contributed by atoms with Crippen LogP contribution in [0.25, 0.3) is 11.3 Å². The lowest BCUT2D eigenvalue weighted by Gasteiger charge is -2.68. The van der Waals surface area contributed by atoms with Gasteiger partial charge in [0.1, 0.15) is 29.8 Å². The van der Waals surface area contributed by atoms with E-state index in [0.717, 1.165) is 24.2 Å². The van der Waals surface area contributed by atoms with Gasteiger partial charge in [-0.3, -0.25) is 34.2 Å². The van der Waals surface area contributed by atoms with Crippen LogP contribution in [-0.2, 0) is 19.1 Å². The van der Waals surface area contributed by atoms with Crippen molar-refractivity contribution in [2.45, 2.75) is 38.1 Å². The highest BCUT2D eigenvalue weighted by Crippen LogP contribution is 2.73. The molecule has 2 bridgehead atoms. The van der Waals surface area contributed by atoms with Crippen molar-refractivity contribution >= 4 is 35.4 Å². The van der Waals surface area contributed by atoms with Gasteiger partial charge in [0.2, 0.25) is 17.7 Å². The standard InChI is InChI=1S/C37H41N7O9/c1-43(13-14-51-15-16-52-27-8-4-6-23-30(27)34(49)44(33(23)48)25-9-10-29(46)40-32(25)47)12-11-39-35(50)37-18-36(19-37,20-37)21-53-28-17-24(41-42-31(28)38)22-5-2-3-7-26(22)45/h2-8,17,25,45H,9-16,18-21H2,1H3,(H2,38,42)(H,39,50)(H,40,46,47). The summed E-state index contributed by atoms with van der Waals surface area (Å²) >= 11 is 0. The maximum atomic E-state index is 13.2. The van der Waals surface area contributed by atoms with E-state index in [2.05, 4.69) is 20.8 Å². The molecule has 5 aliphatic rings. The van der Waals surface area contributed by atoms with Crippen LogP contribution in [0.3, 0.4) is 0 Å². The van der Waals surface area contributed by atoms with E-state index < -0.39 is 29.7 Å². The Balaban J connectivity index is 0.776. The fourth-order valence-electron chi connectivity index (χ4n) is 7.74. The van der Waals surface area contributed by atoms with E-state index in [1.165, 1.54) is 6.07 Å². The number of anilines is 1. The van der Waals surface area contributed by atoms with Gasteiger partial charge in [-0.2, -0.15) is 0 Å². The van der Waals surface area contributed by atoms with E-state index >= 15 is 0 Å². The first-order valence-electron chi connectivity index (χ1n) is 17.6. The van der Waals surface area contributed by atoms with Crippen molar-refractivity contribution in [1.29, 1.82) is 0 Å². The zero-order chi connectivity index (χ0) is 37.3. The minimum atomic E-state index is -1.05. The molecule has 5 N–H and O–H groups in total. The lowest BCUT2D eigenvalue weighted by Crippen LogP contribution is -2.69. The zero-order valence-corrected chi connectivity index (χ0v) is 29.3. The number of hydrogen-bond acceptors (Lipinski definition) is 13. The number of imide groups is 2. The number of nitrogens with one attached hydrogen (secondary N) is 2. The lowest BCUT2D eigenvalue weighted by molar-refractivity contribution is -0.217. The fourth-order valence-corrected chi connectivity index (χ4v) is 7.74. The smallest absolute Gasteiger partial charge is 0.266 e. The summed E-state index contributed by atoms with van der Waals surface area (Å²) < 4.78 is 17.6. The Labute approximate surface area is 304 Å². The molecule has 2 aliphatic heterocycles. The largest absolute Gasteiger partial charge is 0.507 e. The normalized spacial score (nSPS) is 22.9. The highest BCUT2D eigenvalue weighted by atomic mass is 16.5. The molecule has 3 aromatic rings. The second-order valence-electron chi connectivity index (χ2n) is 14.2. The van der Waals surface area contributed by atoms with Crippen LogP contribution in [0.5, 0.6) is 17.2 Å². The Morgan fingerprint density at radius 3 is 2.53 bits per heavy atom. The second kappa shape index (κ2) is 14.4. The number of aromatic hydroxyl groups is 1. The first-order valence-corrected chi connectivity index (χ1v) is 17.6. The van der Waals surface area contributed by atoms with Gasteiger partial charge < -0.3 is 35.3 Å². The minimum Gasteiger partial charge on any atom is -0.507 e. The van der Waals surface area contributed by atoms with E-state index in [0.29, 0.717) is 49.9 Å². The number of nitrogens with two attached hydrogens (primary N) is 1. The number of fused-ring (bicyclic) bond motifs is 1. The van der Waals surface area contributed by atoms with Crippen LogP contribution in [0.4, 0.5) is 5.82 Å². The van der Waals surface area contributed by atoms with Gasteiger partial charge in [0, 0.05) is 43.1 Å². The number of nitrogens with zero attached hydrogens (tertiary/aromatic N) is 4. The SMILES string of the molecule is CN(CCNC(=O)C12CC(COc3cc(-c4ccccc4O)nnc3N)(C1)C2)CCOCCOc1cccc2c1C(=O)N(C1CCC(=O)NC1=O)C2=O. The summed E-state index contributed by atoms with van der Waals surface area (Å²) in [6, 6.07) is 12.2.